The number of anilines is 1. The van der Waals surface area contributed by atoms with Crippen molar-refractivity contribution in [2.24, 2.45) is 5.84 Å². The van der Waals surface area contributed by atoms with Gasteiger partial charge in [-0.1, -0.05) is 20.8 Å². The number of nitrogens with two attached hydrogens (primary N) is 1. The summed E-state index contributed by atoms with van der Waals surface area (Å²) in [4.78, 5) is 11.2. The summed E-state index contributed by atoms with van der Waals surface area (Å²) in [6.45, 7) is 6.46. The lowest BCUT2D eigenvalue weighted by molar-refractivity contribution is 1.05. The summed E-state index contributed by atoms with van der Waals surface area (Å²) in [6, 6.07) is 2.19. The second-order valence-electron chi connectivity index (χ2n) is 3.95. The van der Waals surface area contributed by atoms with Gasteiger partial charge in [-0.2, -0.15) is 0 Å². The van der Waals surface area contributed by atoms with E-state index in [-0.39, 0.29) is 0 Å². The molecule has 3 N–H and O–H groups in total. The number of hydrogen-bond acceptors (Lipinski definition) is 6. The minimum Gasteiger partial charge on any atom is -0.292 e. The van der Waals surface area contributed by atoms with Crippen LogP contribution in [-0.4, -0.2) is 15.2 Å². The van der Waals surface area contributed by atoms with Gasteiger partial charge in [0, 0.05) is 15.5 Å². The number of rotatable bonds is 4. The van der Waals surface area contributed by atoms with Gasteiger partial charge in [0.2, 0.25) is 5.95 Å². The number of aromatic nitrogens is 2. The molecule has 6 heteroatoms. The minimum atomic E-state index is 0.490. The van der Waals surface area contributed by atoms with Crippen molar-refractivity contribution in [1.82, 2.24) is 9.97 Å². The van der Waals surface area contributed by atoms with Gasteiger partial charge in [0.25, 0.3) is 0 Å². The fraction of sp³-hybridized carbons (Fsp3) is 0.455. The maximum Gasteiger partial charge on any atom is 0.239 e. The van der Waals surface area contributed by atoms with Crippen molar-refractivity contribution in [3.63, 3.8) is 0 Å². The van der Waals surface area contributed by atoms with Crippen LogP contribution in [0.15, 0.2) is 11.1 Å². The molecule has 92 valence electrons. The fourth-order valence-corrected chi connectivity index (χ4v) is 3.40. The zero-order valence-corrected chi connectivity index (χ0v) is 11.8. The van der Waals surface area contributed by atoms with E-state index in [1.54, 1.807) is 23.1 Å². The van der Waals surface area contributed by atoms with E-state index in [0.717, 1.165) is 21.7 Å². The largest absolute Gasteiger partial charge is 0.292 e. The lowest BCUT2D eigenvalue weighted by Crippen LogP contribution is -2.10. The van der Waals surface area contributed by atoms with Crippen molar-refractivity contribution >= 4 is 39.3 Å². The Kier molecular flexibility index (Phi) is 3.86. The zero-order valence-electron chi connectivity index (χ0n) is 10.2. The van der Waals surface area contributed by atoms with Crippen LogP contribution in [0.1, 0.15) is 25.6 Å². The molecular formula is C11H16N4S2. The highest BCUT2D eigenvalue weighted by Crippen LogP contribution is 2.34. The molecule has 0 saturated carbocycles. The molecule has 0 fully saturated rings. The lowest BCUT2D eigenvalue weighted by atomic mass is 10.3. The van der Waals surface area contributed by atoms with E-state index < -0.39 is 0 Å². The molecule has 0 amide bonds. The number of thiophene rings is 1. The molecule has 4 nitrogen and oxygen atoms in total. The highest BCUT2D eigenvalue weighted by molar-refractivity contribution is 8.00. The molecule has 0 aromatic carbocycles. The Labute approximate surface area is 109 Å². The molecule has 2 aromatic rings. The first-order valence-electron chi connectivity index (χ1n) is 5.57. The number of nitrogen functional groups attached to an aromatic ring is 1. The standard InChI is InChI=1S/C11H16N4S2/c1-4-7-5-8-9(16-6(2)3)13-11(15-12)14-10(8)17-7/h5-6H,4,12H2,1-3H3,(H,13,14,15). The predicted octanol–water partition coefficient (Wildman–Crippen LogP) is 3.04. The van der Waals surface area contributed by atoms with Crippen LogP contribution in [0.3, 0.4) is 0 Å². The van der Waals surface area contributed by atoms with Gasteiger partial charge in [0.05, 0.1) is 0 Å². The summed E-state index contributed by atoms with van der Waals surface area (Å²) in [5, 5.41) is 2.64. The summed E-state index contributed by atoms with van der Waals surface area (Å²) in [5.41, 5.74) is 2.53. The molecular weight excluding hydrogens is 252 g/mol. The van der Waals surface area contributed by atoms with Crippen LogP contribution in [0.2, 0.25) is 0 Å². The Morgan fingerprint density at radius 1 is 1.47 bits per heavy atom. The molecule has 0 radical (unpaired) electrons. The third-order valence-electron chi connectivity index (χ3n) is 2.23. The Balaban J connectivity index is 2.56. The average molecular weight is 268 g/mol. The quantitative estimate of drug-likeness (QED) is 0.386. The second kappa shape index (κ2) is 5.20. The molecule has 0 spiro atoms. The Morgan fingerprint density at radius 3 is 2.82 bits per heavy atom. The number of hydrogen-bond donors (Lipinski definition) is 2. The molecule has 0 aliphatic rings. The molecule has 0 saturated heterocycles. The second-order valence-corrected chi connectivity index (χ2v) is 6.63. The van der Waals surface area contributed by atoms with Gasteiger partial charge in [-0.25, -0.2) is 15.8 Å². The lowest BCUT2D eigenvalue weighted by Gasteiger charge is -2.06. The summed E-state index contributed by atoms with van der Waals surface area (Å²) in [7, 11) is 0. The van der Waals surface area contributed by atoms with Gasteiger partial charge in [-0.3, -0.25) is 5.43 Å². The predicted molar refractivity (Wildman–Crippen MR) is 75.6 cm³/mol. The van der Waals surface area contributed by atoms with Crippen LogP contribution in [0.5, 0.6) is 0 Å². The van der Waals surface area contributed by atoms with E-state index in [4.69, 9.17) is 5.84 Å². The molecule has 0 aliphatic heterocycles. The van der Waals surface area contributed by atoms with Crippen LogP contribution in [0, 0.1) is 0 Å². The summed E-state index contributed by atoms with van der Waals surface area (Å²) >= 11 is 3.45. The molecule has 0 bridgehead atoms. The van der Waals surface area contributed by atoms with E-state index in [0.29, 0.717) is 11.2 Å². The van der Waals surface area contributed by atoms with Crippen LogP contribution in [0.25, 0.3) is 10.2 Å². The first kappa shape index (κ1) is 12.6. The number of nitrogens with one attached hydrogen (secondary N) is 1. The first-order chi connectivity index (χ1) is 8.13. The third kappa shape index (κ3) is 2.70. The Morgan fingerprint density at radius 2 is 2.24 bits per heavy atom. The van der Waals surface area contributed by atoms with Gasteiger partial charge in [0.1, 0.15) is 9.86 Å². The van der Waals surface area contributed by atoms with Crippen molar-refractivity contribution < 1.29 is 0 Å². The molecule has 2 heterocycles. The number of fused-ring (bicyclic) bond motifs is 1. The van der Waals surface area contributed by atoms with E-state index in [2.05, 4.69) is 42.2 Å². The molecule has 0 atom stereocenters. The minimum absolute atomic E-state index is 0.490. The normalized spacial score (nSPS) is 11.4. The van der Waals surface area contributed by atoms with Crippen molar-refractivity contribution in [2.45, 2.75) is 37.5 Å². The van der Waals surface area contributed by atoms with E-state index in [1.165, 1.54) is 4.88 Å². The Bertz CT molecular complexity index is 521. The maximum atomic E-state index is 5.40. The van der Waals surface area contributed by atoms with Crippen molar-refractivity contribution in [1.29, 1.82) is 0 Å². The number of thioether (sulfide) groups is 1. The third-order valence-corrected chi connectivity index (χ3v) is 4.41. The smallest absolute Gasteiger partial charge is 0.239 e. The van der Waals surface area contributed by atoms with Gasteiger partial charge in [-0.15, -0.1) is 23.1 Å². The van der Waals surface area contributed by atoms with Crippen LogP contribution in [0.4, 0.5) is 5.95 Å². The monoisotopic (exact) mass is 268 g/mol. The van der Waals surface area contributed by atoms with Gasteiger partial charge in [-0.05, 0) is 12.5 Å². The van der Waals surface area contributed by atoms with Crippen molar-refractivity contribution in [3.05, 3.63) is 10.9 Å². The van der Waals surface area contributed by atoms with E-state index >= 15 is 0 Å². The maximum absolute atomic E-state index is 5.40. The fourth-order valence-electron chi connectivity index (χ4n) is 1.50. The molecule has 0 aliphatic carbocycles. The van der Waals surface area contributed by atoms with Crippen molar-refractivity contribution in [2.75, 3.05) is 5.43 Å². The van der Waals surface area contributed by atoms with Gasteiger partial charge in [0.15, 0.2) is 0 Å². The highest BCUT2D eigenvalue weighted by atomic mass is 32.2. The number of nitrogens with zero attached hydrogens (tertiary/aromatic N) is 2. The highest BCUT2D eigenvalue weighted by Gasteiger charge is 2.12. The molecule has 17 heavy (non-hydrogen) atoms. The van der Waals surface area contributed by atoms with Gasteiger partial charge < -0.3 is 0 Å². The molecule has 0 unspecified atom stereocenters. The summed E-state index contributed by atoms with van der Waals surface area (Å²) < 4.78 is 0. The summed E-state index contributed by atoms with van der Waals surface area (Å²) in [5.74, 6) is 5.89. The van der Waals surface area contributed by atoms with Crippen LogP contribution in [-0.2, 0) is 6.42 Å². The number of aryl methyl sites for hydroxylation is 1. The topological polar surface area (TPSA) is 63.8 Å². The van der Waals surface area contributed by atoms with E-state index in [9.17, 15) is 0 Å². The van der Waals surface area contributed by atoms with Crippen LogP contribution >= 0.6 is 23.1 Å². The summed E-state index contributed by atoms with van der Waals surface area (Å²) in [6.07, 6.45) is 1.03. The van der Waals surface area contributed by atoms with Gasteiger partial charge >= 0.3 is 0 Å². The average Bonchev–Trinajstić information content (AvgIpc) is 2.71. The molecule has 2 rings (SSSR count). The SMILES string of the molecule is CCc1cc2c(SC(C)C)nc(NN)nc2s1. The Hall–Kier alpha value is -0.850. The molecule has 2 aromatic heterocycles. The van der Waals surface area contributed by atoms with Crippen LogP contribution < -0.4 is 11.3 Å². The van der Waals surface area contributed by atoms with E-state index in [1.807, 2.05) is 0 Å². The first-order valence-corrected chi connectivity index (χ1v) is 7.27. The zero-order chi connectivity index (χ0) is 12.4. The number of hydrazine groups is 1. The van der Waals surface area contributed by atoms with Crippen molar-refractivity contribution in [3.8, 4) is 0 Å².